The predicted molar refractivity (Wildman–Crippen MR) is 87.0 cm³/mol. The van der Waals surface area contributed by atoms with Gasteiger partial charge in [0.05, 0.1) is 11.6 Å². The zero-order valence-electron chi connectivity index (χ0n) is 12.8. The van der Waals surface area contributed by atoms with Crippen LogP contribution in [0.3, 0.4) is 0 Å². The molecule has 4 nitrogen and oxygen atoms in total. The minimum atomic E-state index is -0.478. The van der Waals surface area contributed by atoms with Gasteiger partial charge in [-0.15, -0.1) is 0 Å². The second-order valence-corrected chi connectivity index (χ2v) is 7.27. The van der Waals surface area contributed by atoms with Crippen LogP contribution in [0.15, 0.2) is 18.2 Å². The minimum absolute atomic E-state index is 0.132. The van der Waals surface area contributed by atoms with Gasteiger partial charge in [0.2, 0.25) is 11.8 Å². The van der Waals surface area contributed by atoms with Gasteiger partial charge in [-0.25, -0.2) is 0 Å². The summed E-state index contributed by atoms with van der Waals surface area (Å²) in [4.78, 5) is 38.4. The largest absolute Gasteiger partial charge is 0.299 e. The number of Topliss-reactive ketones (excluding diaryl/α,β-unsaturated/α-hetero) is 1. The van der Waals surface area contributed by atoms with Crippen molar-refractivity contribution in [2.75, 3.05) is 16.4 Å². The molecule has 0 bridgehead atoms. The van der Waals surface area contributed by atoms with Crippen molar-refractivity contribution in [2.45, 2.75) is 26.7 Å². The molecule has 2 saturated heterocycles. The van der Waals surface area contributed by atoms with E-state index in [2.05, 4.69) is 0 Å². The highest BCUT2D eigenvalue weighted by molar-refractivity contribution is 7.99. The number of aryl methyl sites for hydroxylation is 2. The molecule has 1 aromatic rings. The molecule has 0 aliphatic carbocycles. The van der Waals surface area contributed by atoms with Crippen molar-refractivity contribution < 1.29 is 14.4 Å². The molecule has 0 N–H and O–H groups in total. The van der Waals surface area contributed by atoms with Crippen molar-refractivity contribution in [3.63, 3.8) is 0 Å². The topological polar surface area (TPSA) is 54.5 Å². The maximum atomic E-state index is 12.7. The van der Waals surface area contributed by atoms with E-state index in [4.69, 9.17) is 0 Å². The zero-order chi connectivity index (χ0) is 15.9. The summed E-state index contributed by atoms with van der Waals surface area (Å²) in [5.74, 6) is 0.430. The van der Waals surface area contributed by atoms with E-state index >= 15 is 0 Å². The Balaban J connectivity index is 1.89. The van der Waals surface area contributed by atoms with Crippen LogP contribution in [-0.4, -0.2) is 29.1 Å². The zero-order valence-corrected chi connectivity index (χ0v) is 13.6. The molecule has 5 heteroatoms. The maximum absolute atomic E-state index is 12.7. The van der Waals surface area contributed by atoms with E-state index < -0.39 is 5.92 Å². The number of nitrogens with zero attached hydrogens (tertiary/aromatic N) is 1. The van der Waals surface area contributed by atoms with Crippen molar-refractivity contribution in [2.24, 2.45) is 11.8 Å². The third-order valence-corrected chi connectivity index (χ3v) is 5.42. The molecule has 116 valence electrons. The Kier molecular flexibility index (Phi) is 4.08. The van der Waals surface area contributed by atoms with Crippen LogP contribution in [0, 0.1) is 25.7 Å². The van der Waals surface area contributed by atoms with Gasteiger partial charge in [-0.05, 0) is 37.1 Å². The first-order chi connectivity index (χ1) is 10.5. The van der Waals surface area contributed by atoms with Gasteiger partial charge in [0, 0.05) is 30.3 Å². The Morgan fingerprint density at radius 3 is 2.36 bits per heavy atom. The molecular weight excluding hydrogens is 298 g/mol. The predicted octanol–water partition coefficient (Wildman–Crippen LogP) is 2.51. The Morgan fingerprint density at radius 2 is 1.73 bits per heavy atom. The van der Waals surface area contributed by atoms with E-state index in [-0.39, 0.29) is 29.9 Å². The summed E-state index contributed by atoms with van der Waals surface area (Å²) in [6, 6.07) is 5.71. The number of rotatable bonds is 2. The van der Waals surface area contributed by atoms with Gasteiger partial charge in [-0.3, -0.25) is 19.3 Å². The lowest BCUT2D eigenvalue weighted by Crippen LogP contribution is -2.36. The molecular formula is C17H19NO3S. The van der Waals surface area contributed by atoms with Crippen LogP contribution in [0.25, 0.3) is 0 Å². The second-order valence-electron chi connectivity index (χ2n) is 6.12. The van der Waals surface area contributed by atoms with Crippen molar-refractivity contribution in [1.82, 2.24) is 0 Å². The SMILES string of the molecule is Cc1cc(C)cc(N2C(=O)C[C@H]([C@@H]3CSCCC3=O)C2=O)c1. The average Bonchev–Trinajstić information content (AvgIpc) is 2.73. The quantitative estimate of drug-likeness (QED) is 0.787. The first-order valence-corrected chi connectivity index (χ1v) is 8.68. The number of amides is 2. The van der Waals surface area contributed by atoms with Gasteiger partial charge >= 0.3 is 0 Å². The highest BCUT2D eigenvalue weighted by Crippen LogP contribution is 2.36. The molecule has 0 saturated carbocycles. The van der Waals surface area contributed by atoms with E-state index in [1.165, 1.54) is 4.90 Å². The van der Waals surface area contributed by atoms with Crippen LogP contribution in [0.1, 0.15) is 24.0 Å². The van der Waals surface area contributed by atoms with Gasteiger partial charge < -0.3 is 0 Å². The first kappa shape index (κ1) is 15.3. The van der Waals surface area contributed by atoms with E-state index in [0.29, 0.717) is 17.9 Å². The van der Waals surface area contributed by atoms with Gasteiger partial charge in [-0.1, -0.05) is 6.07 Å². The van der Waals surface area contributed by atoms with E-state index in [1.807, 2.05) is 32.0 Å². The van der Waals surface area contributed by atoms with Crippen molar-refractivity contribution in [3.8, 4) is 0 Å². The molecule has 2 aliphatic rings. The summed E-state index contributed by atoms with van der Waals surface area (Å²) in [5, 5.41) is 0. The van der Waals surface area contributed by atoms with Gasteiger partial charge in [0.1, 0.15) is 5.78 Å². The number of imide groups is 1. The molecule has 2 heterocycles. The third kappa shape index (κ3) is 2.70. The number of anilines is 1. The summed E-state index contributed by atoms with van der Waals surface area (Å²) in [7, 11) is 0. The minimum Gasteiger partial charge on any atom is -0.299 e. The van der Waals surface area contributed by atoms with E-state index in [9.17, 15) is 14.4 Å². The Labute approximate surface area is 134 Å². The molecule has 1 aromatic carbocycles. The lowest BCUT2D eigenvalue weighted by molar-refractivity contribution is -0.129. The number of hydrogen-bond donors (Lipinski definition) is 0. The monoisotopic (exact) mass is 317 g/mol. The molecule has 2 amide bonds. The van der Waals surface area contributed by atoms with Gasteiger partial charge in [0.25, 0.3) is 0 Å². The van der Waals surface area contributed by atoms with Crippen LogP contribution in [-0.2, 0) is 14.4 Å². The Bertz CT molecular complexity index is 635. The Morgan fingerprint density at radius 1 is 1.05 bits per heavy atom. The van der Waals surface area contributed by atoms with E-state index in [0.717, 1.165) is 16.9 Å². The number of benzene rings is 1. The molecule has 2 atom stereocenters. The first-order valence-electron chi connectivity index (χ1n) is 7.53. The molecule has 0 unspecified atom stereocenters. The fraction of sp³-hybridized carbons (Fsp3) is 0.471. The maximum Gasteiger partial charge on any atom is 0.238 e. The fourth-order valence-electron chi connectivity index (χ4n) is 3.32. The number of ketones is 1. The fourth-order valence-corrected chi connectivity index (χ4v) is 4.51. The molecule has 0 spiro atoms. The van der Waals surface area contributed by atoms with Crippen LogP contribution in [0.2, 0.25) is 0 Å². The van der Waals surface area contributed by atoms with Crippen LogP contribution in [0.4, 0.5) is 5.69 Å². The smallest absolute Gasteiger partial charge is 0.238 e. The van der Waals surface area contributed by atoms with Gasteiger partial charge in [-0.2, -0.15) is 11.8 Å². The number of thioether (sulfide) groups is 1. The number of carbonyl (C=O) groups excluding carboxylic acids is 3. The van der Waals surface area contributed by atoms with Crippen molar-refractivity contribution >= 4 is 35.0 Å². The number of carbonyl (C=O) groups is 3. The molecule has 2 fully saturated rings. The molecule has 3 rings (SSSR count). The average molecular weight is 317 g/mol. The standard InChI is InChI=1S/C17H19NO3S/c1-10-5-11(2)7-12(6-10)18-16(20)8-13(17(18)21)14-9-22-4-3-15(14)19/h5-7,13-14H,3-4,8-9H2,1-2H3/t13-,14+/m1/s1. The summed E-state index contributed by atoms with van der Waals surface area (Å²) in [6.07, 6.45) is 0.666. The summed E-state index contributed by atoms with van der Waals surface area (Å²) >= 11 is 1.70. The molecule has 22 heavy (non-hydrogen) atoms. The second kappa shape index (κ2) is 5.88. The van der Waals surface area contributed by atoms with Crippen molar-refractivity contribution in [1.29, 1.82) is 0 Å². The lowest BCUT2D eigenvalue weighted by atomic mass is 9.87. The molecule has 0 radical (unpaired) electrons. The highest BCUT2D eigenvalue weighted by Gasteiger charge is 2.46. The summed E-state index contributed by atoms with van der Waals surface area (Å²) in [5.41, 5.74) is 2.66. The van der Waals surface area contributed by atoms with Crippen LogP contribution < -0.4 is 4.90 Å². The molecule has 2 aliphatic heterocycles. The van der Waals surface area contributed by atoms with Crippen molar-refractivity contribution in [3.05, 3.63) is 29.3 Å². The molecule has 0 aromatic heterocycles. The van der Waals surface area contributed by atoms with Gasteiger partial charge in [0.15, 0.2) is 0 Å². The number of hydrogen-bond acceptors (Lipinski definition) is 4. The normalized spacial score (nSPS) is 25.9. The van der Waals surface area contributed by atoms with Crippen LogP contribution in [0.5, 0.6) is 0 Å². The van der Waals surface area contributed by atoms with Crippen LogP contribution >= 0.6 is 11.8 Å². The lowest BCUT2D eigenvalue weighted by Gasteiger charge is -2.24. The third-order valence-electron chi connectivity index (χ3n) is 4.34. The van der Waals surface area contributed by atoms with E-state index in [1.54, 1.807) is 11.8 Å². The Hall–Kier alpha value is -1.62. The summed E-state index contributed by atoms with van der Waals surface area (Å²) in [6.45, 7) is 3.89. The highest BCUT2D eigenvalue weighted by atomic mass is 32.2. The summed E-state index contributed by atoms with van der Waals surface area (Å²) < 4.78 is 0.